The zero-order valence-corrected chi connectivity index (χ0v) is 10.8. The Labute approximate surface area is 97.4 Å². The molecule has 0 heterocycles. The Hall–Kier alpha value is -0.650. The molecule has 96 valence electrons. The molecule has 0 aromatic rings. The molecule has 5 heteroatoms. The fourth-order valence-corrected chi connectivity index (χ4v) is 1.29. The molecule has 0 saturated carbocycles. The maximum atomic E-state index is 11.5. The molecule has 0 aliphatic rings. The molecule has 16 heavy (non-hydrogen) atoms. The molecular formula is C11H23NO4. The number of rotatable bonds is 8. The first-order valence-corrected chi connectivity index (χ1v) is 5.32. The second kappa shape index (κ2) is 7.60. The lowest BCUT2D eigenvalue weighted by Gasteiger charge is -2.27. The van der Waals surface area contributed by atoms with E-state index in [1.807, 2.05) is 13.8 Å². The van der Waals surface area contributed by atoms with E-state index in [9.17, 15) is 4.79 Å². The third-order valence-corrected chi connectivity index (χ3v) is 2.43. The second-order valence-electron chi connectivity index (χ2n) is 4.19. The van der Waals surface area contributed by atoms with Crippen molar-refractivity contribution in [3.63, 3.8) is 0 Å². The summed E-state index contributed by atoms with van der Waals surface area (Å²) in [6, 6.07) is -0.366. The molecule has 1 unspecified atom stereocenters. The maximum Gasteiger partial charge on any atom is 0.322 e. The smallest absolute Gasteiger partial charge is 0.322 e. The van der Waals surface area contributed by atoms with E-state index >= 15 is 0 Å². The second-order valence-corrected chi connectivity index (χ2v) is 4.19. The van der Waals surface area contributed by atoms with Crippen LogP contribution in [0.1, 0.15) is 20.3 Å². The predicted octanol–water partition coefficient (Wildman–Crippen LogP) is 0.579. The number of methoxy groups -OCH3 is 3. The van der Waals surface area contributed by atoms with Gasteiger partial charge in [-0.05, 0) is 13.8 Å². The molecule has 0 spiro atoms. The van der Waals surface area contributed by atoms with Crippen LogP contribution < -0.4 is 5.32 Å². The summed E-state index contributed by atoms with van der Waals surface area (Å²) in [7, 11) is 4.63. The first-order valence-electron chi connectivity index (χ1n) is 5.32. The van der Waals surface area contributed by atoms with E-state index in [0.29, 0.717) is 19.6 Å². The number of ether oxygens (including phenoxy) is 3. The van der Waals surface area contributed by atoms with E-state index in [0.717, 1.165) is 0 Å². The van der Waals surface area contributed by atoms with Gasteiger partial charge >= 0.3 is 5.97 Å². The van der Waals surface area contributed by atoms with Crippen LogP contribution in [0.15, 0.2) is 0 Å². The van der Waals surface area contributed by atoms with Gasteiger partial charge in [0.25, 0.3) is 0 Å². The monoisotopic (exact) mass is 233 g/mol. The van der Waals surface area contributed by atoms with Crippen LogP contribution >= 0.6 is 0 Å². The highest BCUT2D eigenvalue weighted by molar-refractivity contribution is 5.75. The normalized spacial score (nSPS) is 13.6. The third kappa shape index (κ3) is 6.05. The number of carbonyl (C=O) groups excluding carboxylic acids is 1. The van der Waals surface area contributed by atoms with Gasteiger partial charge in [-0.25, -0.2) is 0 Å². The minimum absolute atomic E-state index is 0.277. The van der Waals surface area contributed by atoms with Crippen molar-refractivity contribution in [3.05, 3.63) is 0 Å². The Morgan fingerprint density at radius 3 is 2.38 bits per heavy atom. The standard InChI is InChI=1S/C11H23NO4/c1-11(2,16-5)8-9(10(13)15-4)12-6-7-14-3/h9,12H,6-8H2,1-5H3. The molecule has 0 radical (unpaired) electrons. The SMILES string of the molecule is COCCNC(CC(C)(C)OC)C(=O)OC. The molecular weight excluding hydrogens is 210 g/mol. The van der Waals surface area contributed by atoms with E-state index < -0.39 is 0 Å². The summed E-state index contributed by atoms with van der Waals surface area (Å²) < 4.78 is 14.9. The van der Waals surface area contributed by atoms with Crippen molar-refractivity contribution in [2.45, 2.75) is 31.9 Å². The summed E-state index contributed by atoms with van der Waals surface area (Å²) in [6.45, 7) is 5.03. The van der Waals surface area contributed by atoms with Gasteiger partial charge in [-0.2, -0.15) is 0 Å². The van der Waals surface area contributed by atoms with Gasteiger partial charge < -0.3 is 19.5 Å². The fourth-order valence-electron chi connectivity index (χ4n) is 1.29. The highest BCUT2D eigenvalue weighted by atomic mass is 16.5. The fraction of sp³-hybridized carbons (Fsp3) is 0.909. The van der Waals surface area contributed by atoms with E-state index in [2.05, 4.69) is 5.32 Å². The summed E-state index contributed by atoms with van der Waals surface area (Å²) in [6.07, 6.45) is 0.555. The Kier molecular flexibility index (Phi) is 7.29. The van der Waals surface area contributed by atoms with Gasteiger partial charge in [0, 0.05) is 27.2 Å². The van der Waals surface area contributed by atoms with E-state index in [1.165, 1.54) is 7.11 Å². The van der Waals surface area contributed by atoms with Gasteiger partial charge in [-0.15, -0.1) is 0 Å². The number of esters is 1. The Balaban J connectivity index is 4.26. The topological polar surface area (TPSA) is 56.8 Å². The summed E-state index contributed by atoms with van der Waals surface area (Å²) in [4.78, 5) is 11.5. The lowest BCUT2D eigenvalue weighted by molar-refractivity contribution is -0.145. The number of hydrogen-bond donors (Lipinski definition) is 1. The van der Waals surface area contributed by atoms with Crippen molar-refractivity contribution < 1.29 is 19.0 Å². The molecule has 1 N–H and O–H groups in total. The Bertz CT molecular complexity index is 206. The van der Waals surface area contributed by atoms with Crippen molar-refractivity contribution in [1.82, 2.24) is 5.32 Å². The molecule has 0 saturated heterocycles. The summed E-state index contributed by atoms with van der Waals surface area (Å²) in [5.41, 5.74) is -0.362. The van der Waals surface area contributed by atoms with Crippen molar-refractivity contribution in [1.29, 1.82) is 0 Å². The average molecular weight is 233 g/mol. The quantitative estimate of drug-likeness (QED) is 0.491. The highest BCUT2D eigenvalue weighted by Crippen LogP contribution is 2.16. The Morgan fingerprint density at radius 2 is 1.94 bits per heavy atom. The van der Waals surface area contributed by atoms with E-state index in [-0.39, 0.29) is 17.6 Å². The van der Waals surface area contributed by atoms with Gasteiger partial charge in [0.15, 0.2) is 0 Å². The molecule has 0 fully saturated rings. The minimum Gasteiger partial charge on any atom is -0.468 e. The van der Waals surface area contributed by atoms with Crippen LogP contribution in [0.4, 0.5) is 0 Å². The predicted molar refractivity (Wildman–Crippen MR) is 61.4 cm³/mol. The summed E-state index contributed by atoms with van der Waals surface area (Å²) >= 11 is 0. The Morgan fingerprint density at radius 1 is 1.31 bits per heavy atom. The third-order valence-electron chi connectivity index (χ3n) is 2.43. The zero-order valence-electron chi connectivity index (χ0n) is 10.8. The first-order chi connectivity index (χ1) is 7.46. The van der Waals surface area contributed by atoms with Crippen LogP contribution in [-0.4, -0.2) is 52.1 Å². The number of hydrogen-bond acceptors (Lipinski definition) is 5. The van der Waals surface area contributed by atoms with Crippen molar-refractivity contribution >= 4 is 5.97 Å². The molecule has 0 aromatic carbocycles. The largest absolute Gasteiger partial charge is 0.468 e. The maximum absolute atomic E-state index is 11.5. The van der Waals surface area contributed by atoms with Crippen LogP contribution in [0.5, 0.6) is 0 Å². The molecule has 1 atom stereocenters. The summed E-state index contributed by atoms with van der Waals surface area (Å²) in [5, 5.41) is 3.08. The number of nitrogens with one attached hydrogen (secondary N) is 1. The minimum atomic E-state index is -0.366. The van der Waals surface area contributed by atoms with Crippen molar-refractivity contribution in [3.8, 4) is 0 Å². The van der Waals surface area contributed by atoms with E-state index in [1.54, 1.807) is 14.2 Å². The van der Waals surface area contributed by atoms with Crippen molar-refractivity contribution in [2.24, 2.45) is 0 Å². The first kappa shape index (κ1) is 15.3. The van der Waals surface area contributed by atoms with Crippen molar-refractivity contribution in [2.75, 3.05) is 34.5 Å². The molecule has 0 aliphatic carbocycles. The lowest BCUT2D eigenvalue weighted by atomic mass is 9.99. The molecule has 0 bridgehead atoms. The van der Waals surface area contributed by atoms with Gasteiger partial charge in [0.2, 0.25) is 0 Å². The molecule has 0 aliphatic heterocycles. The summed E-state index contributed by atoms with van der Waals surface area (Å²) in [5.74, 6) is -0.277. The van der Waals surface area contributed by atoms with Crippen LogP contribution in [0, 0.1) is 0 Å². The average Bonchev–Trinajstić information content (AvgIpc) is 2.27. The van der Waals surface area contributed by atoms with Crippen LogP contribution in [0.25, 0.3) is 0 Å². The van der Waals surface area contributed by atoms with Crippen LogP contribution in [-0.2, 0) is 19.0 Å². The lowest BCUT2D eigenvalue weighted by Crippen LogP contribution is -2.44. The highest BCUT2D eigenvalue weighted by Gasteiger charge is 2.27. The molecule has 5 nitrogen and oxygen atoms in total. The van der Waals surface area contributed by atoms with Gasteiger partial charge in [-0.3, -0.25) is 4.79 Å². The van der Waals surface area contributed by atoms with Gasteiger partial charge in [0.05, 0.1) is 19.3 Å². The zero-order chi connectivity index (χ0) is 12.6. The van der Waals surface area contributed by atoms with Gasteiger partial charge in [-0.1, -0.05) is 0 Å². The van der Waals surface area contributed by atoms with E-state index in [4.69, 9.17) is 14.2 Å². The molecule has 0 rings (SSSR count). The molecule has 0 aromatic heterocycles. The number of carbonyl (C=O) groups is 1. The van der Waals surface area contributed by atoms with Crippen LogP contribution in [0.2, 0.25) is 0 Å². The van der Waals surface area contributed by atoms with Crippen LogP contribution in [0.3, 0.4) is 0 Å². The van der Waals surface area contributed by atoms with Gasteiger partial charge in [0.1, 0.15) is 6.04 Å². The molecule has 0 amide bonds.